The van der Waals surface area contributed by atoms with E-state index in [1.54, 1.807) is 36.4 Å². The highest BCUT2D eigenvalue weighted by atomic mass is 32.2. The summed E-state index contributed by atoms with van der Waals surface area (Å²) in [6.07, 6.45) is 0.319. The molecule has 0 aliphatic carbocycles. The van der Waals surface area contributed by atoms with Crippen LogP contribution in [-0.2, 0) is 28.6 Å². The lowest BCUT2D eigenvalue weighted by Gasteiger charge is -2.31. The molecular weight excluding hydrogens is 925 g/mol. The molecular formula is C57H56O9S3. The van der Waals surface area contributed by atoms with Gasteiger partial charge in [0.15, 0.2) is 17.3 Å². The third kappa shape index (κ3) is 16.2. The normalized spacial score (nSPS) is 13.2. The van der Waals surface area contributed by atoms with Gasteiger partial charge in [0.2, 0.25) is 0 Å². The Bertz CT molecular complexity index is 2270. The lowest BCUT2D eigenvalue weighted by atomic mass is 9.88. The van der Waals surface area contributed by atoms with Gasteiger partial charge >= 0.3 is 17.9 Å². The largest absolute Gasteiger partial charge is 0.465 e. The van der Waals surface area contributed by atoms with E-state index < -0.39 is 39.1 Å². The van der Waals surface area contributed by atoms with E-state index >= 15 is 0 Å². The van der Waals surface area contributed by atoms with Crippen LogP contribution in [0.2, 0.25) is 0 Å². The second-order valence-electron chi connectivity index (χ2n) is 16.3. The summed E-state index contributed by atoms with van der Waals surface area (Å²) in [6, 6.07) is 55.4. The van der Waals surface area contributed by atoms with Gasteiger partial charge in [0.1, 0.15) is 19.8 Å². The zero-order valence-electron chi connectivity index (χ0n) is 38.5. The van der Waals surface area contributed by atoms with Crippen molar-refractivity contribution in [2.24, 2.45) is 5.41 Å². The molecule has 12 heteroatoms. The van der Waals surface area contributed by atoms with Gasteiger partial charge in [-0.15, -0.1) is 35.3 Å². The van der Waals surface area contributed by atoms with Crippen LogP contribution in [0.4, 0.5) is 0 Å². The molecule has 6 aromatic rings. The smallest absolute Gasteiger partial charge is 0.306 e. The van der Waals surface area contributed by atoms with Gasteiger partial charge in [-0.3, -0.25) is 28.8 Å². The number of Topliss-reactive ketones (excluding diaryl/α,β-unsaturated/α-hetero) is 3. The van der Waals surface area contributed by atoms with Gasteiger partial charge in [-0.05, 0) is 23.1 Å². The van der Waals surface area contributed by atoms with E-state index in [1.165, 1.54) is 35.3 Å². The first-order valence-corrected chi connectivity index (χ1v) is 26.1. The molecule has 0 bridgehead atoms. The van der Waals surface area contributed by atoms with E-state index in [2.05, 4.69) is 0 Å². The standard InChI is InChI=1S/C57H56O9S3/c1-2-57(39-64-48(58)33-36-67-54(45-27-15-6-16-28-45)51(61)42-21-9-3-10-22-42,40-65-49(59)34-37-68-55(46-29-17-7-18-30-46)52(62)43-23-11-4-12-24-43)41-66-50(60)35-38-69-56(47-31-19-8-20-32-47)53(63)44-25-13-5-14-26-44/h3-32,54-56H,2,33-41H2,1H3. The minimum absolute atomic E-state index is 0.00154. The van der Waals surface area contributed by atoms with Gasteiger partial charge < -0.3 is 14.2 Å². The van der Waals surface area contributed by atoms with Gasteiger partial charge in [0, 0.05) is 33.9 Å². The van der Waals surface area contributed by atoms with Crippen LogP contribution in [0, 0.1) is 5.41 Å². The second-order valence-corrected chi connectivity index (χ2v) is 19.9. The van der Waals surface area contributed by atoms with Crippen LogP contribution < -0.4 is 0 Å². The van der Waals surface area contributed by atoms with E-state index in [9.17, 15) is 28.8 Å². The molecule has 0 aliphatic heterocycles. The molecule has 0 radical (unpaired) electrons. The quantitative estimate of drug-likeness (QED) is 0.0263. The summed E-state index contributed by atoms with van der Waals surface area (Å²) < 4.78 is 17.6. The SMILES string of the molecule is CCC(COC(=O)CCSC(C(=O)c1ccccc1)c1ccccc1)(COC(=O)CCSC(C(=O)c1ccccc1)c1ccccc1)COC(=O)CCSC(C(=O)c1ccccc1)c1ccccc1. The molecule has 0 aromatic heterocycles. The van der Waals surface area contributed by atoms with Gasteiger partial charge in [-0.2, -0.15) is 0 Å². The number of hydrogen-bond acceptors (Lipinski definition) is 12. The summed E-state index contributed by atoms with van der Waals surface area (Å²) in [5, 5.41) is -1.61. The van der Waals surface area contributed by atoms with Crippen LogP contribution in [0.5, 0.6) is 0 Å². The first-order chi connectivity index (χ1) is 33.7. The first-order valence-electron chi connectivity index (χ1n) is 22.9. The summed E-state index contributed by atoms with van der Waals surface area (Å²) in [4.78, 5) is 81.1. The number of ketones is 3. The molecule has 0 saturated carbocycles. The van der Waals surface area contributed by atoms with E-state index in [0.29, 0.717) is 40.4 Å². The number of carbonyl (C=O) groups is 6. The molecule has 69 heavy (non-hydrogen) atoms. The van der Waals surface area contributed by atoms with Crippen molar-refractivity contribution in [2.75, 3.05) is 37.1 Å². The highest BCUT2D eigenvalue weighted by Crippen LogP contribution is 2.36. The maximum Gasteiger partial charge on any atom is 0.306 e. The maximum atomic E-state index is 13.6. The third-order valence-corrected chi connectivity index (χ3v) is 15.1. The molecule has 9 nitrogen and oxygen atoms in total. The van der Waals surface area contributed by atoms with Crippen molar-refractivity contribution < 1.29 is 43.0 Å². The molecule has 356 valence electrons. The van der Waals surface area contributed by atoms with E-state index in [-0.39, 0.29) is 56.4 Å². The molecule has 6 rings (SSSR count). The van der Waals surface area contributed by atoms with Crippen LogP contribution in [0.3, 0.4) is 0 Å². The van der Waals surface area contributed by atoms with Gasteiger partial charge in [0.05, 0.1) is 40.4 Å². The van der Waals surface area contributed by atoms with Crippen molar-refractivity contribution in [3.05, 3.63) is 215 Å². The topological polar surface area (TPSA) is 130 Å². The van der Waals surface area contributed by atoms with Crippen molar-refractivity contribution in [1.82, 2.24) is 0 Å². The molecule has 0 heterocycles. The summed E-state index contributed by atoms with van der Waals surface area (Å²) in [7, 11) is 0. The minimum atomic E-state index is -1.09. The molecule has 0 aliphatic rings. The molecule has 0 saturated heterocycles. The maximum absolute atomic E-state index is 13.6. The number of thioether (sulfide) groups is 3. The summed E-state index contributed by atoms with van der Waals surface area (Å²) in [6.45, 7) is 1.23. The number of esters is 3. The Kier molecular flexibility index (Phi) is 20.9. The van der Waals surface area contributed by atoms with Crippen LogP contribution in [0.25, 0.3) is 0 Å². The highest BCUT2D eigenvalue weighted by Gasteiger charge is 2.35. The van der Waals surface area contributed by atoms with Gasteiger partial charge in [-0.25, -0.2) is 0 Å². The van der Waals surface area contributed by atoms with Crippen LogP contribution >= 0.6 is 35.3 Å². The van der Waals surface area contributed by atoms with Gasteiger partial charge in [-0.1, -0.05) is 189 Å². The monoisotopic (exact) mass is 980 g/mol. The fraction of sp³-hybridized carbons (Fsp3) is 0.263. The summed E-state index contributed by atoms with van der Waals surface area (Å²) in [5.41, 5.74) is 3.11. The Labute approximate surface area is 417 Å². The lowest BCUT2D eigenvalue weighted by molar-refractivity contribution is -0.161. The number of carbonyl (C=O) groups excluding carboxylic acids is 6. The van der Waals surface area contributed by atoms with Crippen LogP contribution in [0.1, 0.15) is 96.1 Å². The Morgan fingerprint density at radius 2 is 0.609 bits per heavy atom. The second kappa shape index (κ2) is 27.7. The van der Waals surface area contributed by atoms with E-state index in [1.807, 2.05) is 153 Å². The highest BCUT2D eigenvalue weighted by molar-refractivity contribution is 8.00. The first kappa shape index (κ1) is 52.2. The summed E-state index contributed by atoms with van der Waals surface area (Å²) >= 11 is 4.06. The molecule has 0 fully saturated rings. The fourth-order valence-corrected chi connectivity index (χ4v) is 10.7. The average Bonchev–Trinajstić information content (AvgIpc) is 3.41. The zero-order chi connectivity index (χ0) is 48.7. The number of rotatable bonds is 28. The molecule has 3 atom stereocenters. The molecule has 0 N–H and O–H groups in total. The van der Waals surface area contributed by atoms with Crippen molar-refractivity contribution in [2.45, 2.75) is 48.4 Å². The molecule has 3 unspecified atom stereocenters. The number of benzene rings is 6. The van der Waals surface area contributed by atoms with Crippen LogP contribution in [0.15, 0.2) is 182 Å². The minimum Gasteiger partial charge on any atom is -0.465 e. The van der Waals surface area contributed by atoms with E-state index in [0.717, 1.165) is 16.7 Å². The predicted octanol–water partition coefficient (Wildman–Crippen LogP) is 12.3. The van der Waals surface area contributed by atoms with Gasteiger partial charge in [0.25, 0.3) is 0 Å². The van der Waals surface area contributed by atoms with Crippen molar-refractivity contribution in [3.8, 4) is 0 Å². The number of ether oxygens (including phenoxy) is 3. The summed E-state index contributed by atoms with van der Waals surface area (Å²) in [5.74, 6) is -0.874. The van der Waals surface area contributed by atoms with Crippen molar-refractivity contribution >= 4 is 70.5 Å². The van der Waals surface area contributed by atoms with Crippen molar-refractivity contribution in [1.29, 1.82) is 0 Å². The number of hydrogen-bond donors (Lipinski definition) is 0. The molecule has 6 aromatic carbocycles. The predicted molar refractivity (Wildman–Crippen MR) is 277 cm³/mol. The average molecular weight is 981 g/mol. The molecule has 0 amide bonds. The fourth-order valence-electron chi connectivity index (χ4n) is 7.24. The lowest BCUT2D eigenvalue weighted by Crippen LogP contribution is -2.39. The van der Waals surface area contributed by atoms with Crippen molar-refractivity contribution in [3.63, 3.8) is 0 Å². The van der Waals surface area contributed by atoms with Crippen LogP contribution in [-0.4, -0.2) is 72.3 Å². The third-order valence-electron chi connectivity index (χ3n) is 11.3. The zero-order valence-corrected chi connectivity index (χ0v) is 41.0. The Morgan fingerprint density at radius 3 is 0.841 bits per heavy atom. The Morgan fingerprint density at radius 1 is 0.377 bits per heavy atom. The van der Waals surface area contributed by atoms with E-state index in [4.69, 9.17) is 14.2 Å². The molecule has 0 spiro atoms. The Balaban J connectivity index is 1.08. The Hall–Kier alpha value is -6.21.